The molecule has 2 aromatic carbocycles. The smallest absolute Gasteiger partial charge is 0.308 e. The van der Waals surface area contributed by atoms with Crippen molar-refractivity contribution in [2.75, 3.05) is 0 Å². The second kappa shape index (κ2) is 6.75. The van der Waals surface area contributed by atoms with Crippen LogP contribution in [0.2, 0.25) is 0 Å². The molecule has 0 spiro atoms. The molecule has 26 heavy (non-hydrogen) atoms. The summed E-state index contributed by atoms with van der Waals surface area (Å²) < 4.78 is 11.2. The Kier molecular flexibility index (Phi) is 5.18. The zero-order valence-corrected chi connectivity index (χ0v) is 16.9. The summed E-state index contributed by atoms with van der Waals surface area (Å²) in [6.45, 7) is 15.2. The second-order valence-electron chi connectivity index (χ2n) is 8.67. The number of benzene rings is 2. The monoisotopic (exact) mass is 356 g/mol. The van der Waals surface area contributed by atoms with Crippen LogP contribution in [0.25, 0.3) is 10.8 Å². The van der Waals surface area contributed by atoms with Crippen molar-refractivity contribution in [3.05, 3.63) is 35.4 Å². The number of carbonyl (C=O) groups is 2. The highest BCUT2D eigenvalue weighted by Gasteiger charge is 2.27. The minimum Gasteiger partial charge on any atom is -0.426 e. The van der Waals surface area contributed by atoms with Crippen LogP contribution in [0.15, 0.2) is 24.3 Å². The maximum absolute atomic E-state index is 11.7. The van der Waals surface area contributed by atoms with Crippen LogP contribution in [0.1, 0.15) is 66.5 Å². The molecule has 0 aliphatic carbocycles. The number of rotatable bonds is 2. The van der Waals surface area contributed by atoms with Gasteiger partial charge in [0.25, 0.3) is 0 Å². The largest absolute Gasteiger partial charge is 0.426 e. The van der Waals surface area contributed by atoms with Gasteiger partial charge in [-0.15, -0.1) is 0 Å². The van der Waals surface area contributed by atoms with Crippen LogP contribution in [0.5, 0.6) is 11.5 Å². The van der Waals surface area contributed by atoms with E-state index < -0.39 is 0 Å². The lowest BCUT2D eigenvalue weighted by Gasteiger charge is -2.26. The summed E-state index contributed by atoms with van der Waals surface area (Å²) in [5, 5.41) is 1.52. The van der Waals surface area contributed by atoms with Crippen molar-refractivity contribution in [3.8, 4) is 11.5 Å². The van der Waals surface area contributed by atoms with E-state index in [2.05, 4.69) is 41.5 Å². The number of hydrogen-bond acceptors (Lipinski definition) is 4. The summed E-state index contributed by atoms with van der Waals surface area (Å²) in [5.74, 6) is 0.293. The molecule has 0 radical (unpaired) electrons. The Morgan fingerprint density at radius 3 is 1.19 bits per heavy atom. The zero-order valence-electron chi connectivity index (χ0n) is 16.9. The van der Waals surface area contributed by atoms with Gasteiger partial charge in [-0.25, -0.2) is 0 Å². The van der Waals surface area contributed by atoms with Crippen LogP contribution in [0.3, 0.4) is 0 Å². The summed E-state index contributed by atoms with van der Waals surface area (Å²) >= 11 is 0. The predicted octanol–water partition coefficient (Wildman–Crippen LogP) is 5.29. The minimum atomic E-state index is -0.378. The highest BCUT2D eigenvalue weighted by Crippen LogP contribution is 2.44. The summed E-state index contributed by atoms with van der Waals surface area (Å²) in [5.41, 5.74) is 1.45. The Morgan fingerprint density at radius 2 is 0.962 bits per heavy atom. The maximum Gasteiger partial charge on any atom is 0.308 e. The quantitative estimate of drug-likeness (QED) is 0.542. The second-order valence-corrected chi connectivity index (χ2v) is 8.67. The van der Waals surface area contributed by atoms with Gasteiger partial charge in [-0.3, -0.25) is 9.59 Å². The summed E-state index contributed by atoms with van der Waals surface area (Å²) in [6, 6.07) is 7.77. The first-order chi connectivity index (χ1) is 11.8. The number of ether oxygens (including phenoxy) is 2. The maximum atomic E-state index is 11.7. The number of esters is 2. The van der Waals surface area contributed by atoms with Gasteiger partial charge >= 0.3 is 11.9 Å². The molecule has 2 aromatic rings. The fourth-order valence-electron chi connectivity index (χ4n) is 3.04. The standard InChI is InChI=1S/C22H28O4/c1-13(23)25-19-15-9-12-18(22(6,7)8)20(26-14(2)24)16(15)10-11-17(19)21(3,4)5/h9-12H,1-8H3. The fraction of sp³-hybridized carbons (Fsp3) is 0.455. The van der Waals surface area contributed by atoms with Gasteiger partial charge in [0, 0.05) is 35.7 Å². The summed E-state index contributed by atoms with van der Waals surface area (Å²) in [4.78, 5) is 23.4. The molecular weight excluding hydrogens is 328 g/mol. The molecule has 0 unspecified atom stereocenters. The third-order valence-electron chi connectivity index (χ3n) is 4.21. The van der Waals surface area contributed by atoms with Gasteiger partial charge in [0.05, 0.1) is 0 Å². The highest BCUT2D eigenvalue weighted by atomic mass is 16.5. The molecule has 0 heterocycles. The van der Waals surface area contributed by atoms with Gasteiger partial charge in [0.1, 0.15) is 11.5 Å². The SMILES string of the molecule is CC(=O)Oc1c(C(C)(C)C)ccc2c(OC(C)=O)c(C(C)(C)C)ccc12. The molecule has 0 fully saturated rings. The highest BCUT2D eigenvalue weighted by molar-refractivity contribution is 5.98. The Balaban J connectivity index is 2.92. The van der Waals surface area contributed by atoms with Crippen molar-refractivity contribution in [2.24, 2.45) is 0 Å². The van der Waals surface area contributed by atoms with E-state index in [1.54, 1.807) is 0 Å². The van der Waals surface area contributed by atoms with Crippen molar-refractivity contribution < 1.29 is 19.1 Å². The summed E-state index contributed by atoms with van der Waals surface area (Å²) in [6.07, 6.45) is 0. The Hall–Kier alpha value is -2.36. The van der Waals surface area contributed by atoms with Gasteiger partial charge < -0.3 is 9.47 Å². The van der Waals surface area contributed by atoms with E-state index in [1.807, 2.05) is 24.3 Å². The molecule has 140 valence electrons. The van der Waals surface area contributed by atoms with Crippen LogP contribution in [-0.4, -0.2) is 11.9 Å². The lowest BCUT2D eigenvalue weighted by Crippen LogP contribution is -2.17. The number of carbonyl (C=O) groups excluding carboxylic acids is 2. The molecule has 0 amide bonds. The van der Waals surface area contributed by atoms with E-state index in [1.165, 1.54) is 13.8 Å². The van der Waals surface area contributed by atoms with Crippen molar-refractivity contribution in [3.63, 3.8) is 0 Å². The van der Waals surface area contributed by atoms with Crippen LogP contribution in [0, 0.1) is 0 Å². The van der Waals surface area contributed by atoms with Gasteiger partial charge in [-0.05, 0) is 10.8 Å². The Morgan fingerprint density at radius 1 is 0.654 bits per heavy atom. The third-order valence-corrected chi connectivity index (χ3v) is 4.21. The van der Waals surface area contributed by atoms with E-state index in [-0.39, 0.29) is 22.8 Å². The zero-order chi connectivity index (χ0) is 19.9. The first-order valence-corrected chi connectivity index (χ1v) is 8.80. The average Bonchev–Trinajstić information content (AvgIpc) is 2.44. The normalized spacial score (nSPS) is 12.2. The lowest BCUT2D eigenvalue weighted by atomic mass is 9.82. The van der Waals surface area contributed by atoms with Crippen LogP contribution >= 0.6 is 0 Å². The van der Waals surface area contributed by atoms with Crippen molar-refractivity contribution in [1.82, 2.24) is 0 Å². The fourth-order valence-corrected chi connectivity index (χ4v) is 3.04. The molecule has 0 saturated heterocycles. The topological polar surface area (TPSA) is 52.6 Å². The molecule has 0 aliphatic heterocycles. The molecule has 2 rings (SSSR count). The molecular formula is C22H28O4. The van der Waals surface area contributed by atoms with E-state index in [4.69, 9.17) is 9.47 Å². The summed E-state index contributed by atoms with van der Waals surface area (Å²) in [7, 11) is 0. The molecule has 4 heteroatoms. The first-order valence-electron chi connectivity index (χ1n) is 8.80. The van der Waals surface area contributed by atoms with Crippen LogP contribution in [0.4, 0.5) is 0 Å². The average molecular weight is 356 g/mol. The molecule has 0 aromatic heterocycles. The molecule has 0 bridgehead atoms. The van der Waals surface area contributed by atoms with Gasteiger partial charge in [0.2, 0.25) is 0 Å². The van der Waals surface area contributed by atoms with Gasteiger partial charge in [0.15, 0.2) is 0 Å². The van der Waals surface area contributed by atoms with E-state index in [0.29, 0.717) is 11.5 Å². The van der Waals surface area contributed by atoms with Crippen LogP contribution in [-0.2, 0) is 20.4 Å². The lowest BCUT2D eigenvalue weighted by molar-refractivity contribution is -0.132. The van der Waals surface area contributed by atoms with Gasteiger partial charge in [-0.2, -0.15) is 0 Å². The predicted molar refractivity (Wildman–Crippen MR) is 104 cm³/mol. The Bertz CT molecular complexity index is 791. The molecule has 0 N–H and O–H groups in total. The molecule has 4 nitrogen and oxygen atoms in total. The van der Waals surface area contributed by atoms with E-state index >= 15 is 0 Å². The van der Waals surface area contributed by atoms with Crippen molar-refractivity contribution >= 4 is 22.7 Å². The number of fused-ring (bicyclic) bond motifs is 1. The number of hydrogen-bond donors (Lipinski definition) is 0. The van der Waals surface area contributed by atoms with Crippen molar-refractivity contribution in [1.29, 1.82) is 0 Å². The Labute approximate surface area is 155 Å². The van der Waals surface area contributed by atoms with Gasteiger partial charge in [-0.1, -0.05) is 65.8 Å². The van der Waals surface area contributed by atoms with E-state index in [0.717, 1.165) is 21.9 Å². The van der Waals surface area contributed by atoms with Crippen LogP contribution < -0.4 is 9.47 Å². The van der Waals surface area contributed by atoms with Crippen molar-refractivity contribution in [2.45, 2.75) is 66.2 Å². The van der Waals surface area contributed by atoms with E-state index in [9.17, 15) is 9.59 Å². The third kappa shape index (κ3) is 4.06. The first kappa shape index (κ1) is 20.0. The molecule has 0 aliphatic rings. The minimum absolute atomic E-state index is 0.205. The molecule has 0 atom stereocenters. The molecule has 0 saturated carbocycles.